The van der Waals surface area contributed by atoms with Gasteiger partial charge in [-0.05, 0) is 151 Å². The van der Waals surface area contributed by atoms with E-state index in [-0.39, 0.29) is 5.41 Å². The van der Waals surface area contributed by atoms with E-state index >= 15 is 0 Å². The third-order valence-electron chi connectivity index (χ3n) is 12.7. The molecule has 0 saturated heterocycles. The van der Waals surface area contributed by atoms with Gasteiger partial charge in [0.1, 0.15) is 0 Å². The van der Waals surface area contributed by atoms with E-state index in [9.17, 15) is 9.90 Å². The fraction of sp³-hybridized carbons (Fsp3) is 0.629. The Morgan fingerprint density at radius 3 is 1.97 bits per heavy atom. The highest BCUT2D eigenvalue weighted by Crippen LogP contribution is 2.80. The number of benzene rings is 2. The molecule has 1 N–H and O–H groups in total. The molecular weight excluding hydrogens is 452 g/mol. The topological polar surface area (TPSA) is 37.3 Å². The van der Waals surface area contributed by atoms with E-state index in [1.54, 1.807) is 0 Å². The van der Waals surface area contributed by atoms with E-state index in [1.807, 2.05) is 12.1 Å². The summed E-state index contributed by atoms with van der Waals surface area (Å²) in [5.74, 6) is 1.73. The minimum Gasteiger partial charge on any atom is -0.478 e. The Hall–Kier alpha value is -2.09. The van der Waals surface area contributed by atoms with Gasteiger partial charge in [0.25, 0.3) is 0 Å². The molecule has 194 valence electrons. The molecule has 2 aromatic carbocycles. The van der Waals surface area contributed by atoms with Gasteiger partial charge in [-0.2, -0.15) is 0 Å². The van der Waals surface area contributed by atoms with Crippen LogP contribution < -0.4 is 0 Å². The molecule has 8 saturated carbocycles. The van der Waals surface area contributed by atoms with Crippen LogP contribution >= 0.6 is 0 Å². The summed E-state index contributed by atoms with van der Waals surface area (Å²) < 4.78 is 0. The zero-order chi connectivity index (χ0) is 25.3. The summed E-state index contributed by atoms with van der Waals surface area (Å²) in [5.41, 5.74) is 6.12. The number of carboxylic acids is 1. The fourth-order valence-electron chi connectivity index (χ4n) is 13.2. The molecule has 37 heavy (non-hydrogen) atoms. The number of carboxylic acid groups (broad SMARTS) is 1. The first-order valence-corrected chi connectivity index (χ1v) is 15.1. The minimum absolute atomic E-state index is 0.0355. The van der Waals surface area contributed by atoms with Crippen LogP contribution in [0.15, 0.2) is 48.5 Å². The molecule has 0 radical (unpaired) electrons. The van der Waals surface area contributed by atoms with Gasteiger partial charge in [0.2, 0.25) is 0 Å². The van der Waals surface area contributed by atoms with Gasteiger partial charge in [-0.25, -0.2) is 4.79 Å². The van der Waals surface area contributed by atoms with Crippen molar-refractivity contribution in [3.05, 3.63) is 59.7 Å². The number of hydrogen-bond donors (Lipinski definition) is 1. The Bertz CT molecular complexity index is 1260. The second-order valence-electron chi connectivity index (χ2n) is 15.9. The fourth-order valence-corrected chi connectivity index (χ4v) is 13.2. The van der Waals surface area contributed by atoms with Crippen molar-refractivity contribution in [3.8, 4) is 11.1 Å². The SMILES string of the molecule is CC12CC3CC(C)(C1)CC(C14CC5CC(CC(c6cc(-c7ccccc7)ccc6C(=O)O)(C5)C1)C4)(C3)C2. The maximum atomic E-state index is 12.6. The zero-order valence-electron chi connectivity index (χ0n) is 22.7. The second-order valence-corrected chi connectivity index (χ2v) is 15.9. The molecule has 4 unspecified atom stereocenters. The van der Waals surface area contributed by atoms with Gasteiger partial charge in [-0.1, -0.05) is 50.2 Å². The van der Waals surface area contributed by atoms with Crippen molar-refractivity contribution in [1.29, 1.82) is 0 Å². The molecule has 8 aliphatic rings. The lowest BCUT2D eigenvalue weighted by atomic mass is 9.29. The third-order valence-corrected chi connectivity index (χ3v) is 12.7. The van der Waals surface area contributed by atoms with Crippen molar-refractivity contribution in [2.24, 2.45) is 39.4 Å². The molecule has 2 heteroatoms. The van der Waals surface area contributed by atoms with Crippen molar-refractivity contribution in [2.45, 2.75) is 96.3 Å². The summed E-state index contributed by atoms with van der Waals surface area (Å²) >= 11 is 0. The molecular formula is C35H42O2. The monoisotopic (exact) mass is 494 g/mol. The minimum atomic E-state index is -0.741. The smallest absolute Gasteiger partial charge is 0.335 e. The maximum absolute atomic E-state index is 12.6. The van der Waals surface area contributed by atoms with E-state index in [0.29, 0.717) is 27.2 Å². The molecule has 0 spiro atoms. The summed E-state index contributed by atoms with van der Waals surface area (Å²) in [6.07, 6.45) is 16.6. The Morgan fingerprint density at radius 2 is 1.35 bits per heavy atom. The zero-order valence-corrected chi connectivity index (χ0v) is 22.7. The standard InChI is InChI=1S/C35H42O2/c1-31-12-25-13-32(2,19-31)21-35(18-25,20-31)34-16-23-10-24(17-34)15-33(14-23,22-34)29-11-27(8-9-28(29)30(36)37)26-6-4-3-5-7-26/h3-9,11,23-25H,10,12-22H2,1-2H3,(H,36,37). The van der Waals surface area contributed by atoms with Gasteiger partial charge >= 0.3 is 5.97 Å². The van der Waals surface area contributed by atoms with Gasteiger partial charge in [-0.3, -0.25) is 0 Å². The van der Waals surface area contributed by atoms with E-state index < -0.39 is 5.97 Å². The number of hydrogen-bond acceptors (Lipinski definition) is 1. The highest BCUT2D eigenvalue weighted by atomic mass is 16.4. The van der Waals surface area contributed by atoms with Gasteiger partial charge in [0.05, 0.1) is 5.56 Å². The molecule has 0 aromatic heterocycles. The molecule has 8 aliphatic carbocycles. The van der Waals surface area contributed by atoms with E-state index in [2.05, 4.69) is 50.2 Å². The average molecular weight is 495 g/mol. The van der Waals surface area contributed by atoms with Crippen LogP contribution in [0.5, 0.6) is 0 Å². The normalized spacial score (nSPS) is 46.9. The summed E-state index contributed by atoms with van der Waals surface area (Å²) in [5, 5.41) is 10.4. The van der Waals surface area contributed by atoms with Gasteiger partial charge in [0, 0.05) is 0 Å². The van der Waals surface area contributed by atoms with Gasteiger partial charge in [0.15, 0.2) is 0 Å². The summed E-state index contributed by atoms with van der Waals surface area (Å²) in [6.45, 7) is 5.26. The average Bonchev–Trinajstić information content (AvgIpc) is 2.81. The summed E-state index contributed by atoms with van der Waals surface area (Å²) in [4.78, 5) is 12.6. The van der Waals surface area contributed by atoms with Crippen molar-refractivity contribution in [3.63, 3.8) is 0 Å². The van der Waals surface area contributed by atoms with Crippen molar-refractivity contribution in [2.75, 3.05) is 0 Å². The van der Waals surface area contributed by atoms with Crippen LogP contribution in [0.1, 0.15) is 107 Å². The number of aromatic carboxylic acids is 1. The molecule has 8 bridgehead atoms. The van der Waals surface area contributed by atoms with Crippen molar-refractivity contribution in [1.82, 2.24) is 0 Å². The Balaban J connectivity index is 1.27. The molecule has 8 fully saturated rings. The Kier molecular flexibility index (Phi) is 4.39. The van der Waals surface area contributed by atoms with Crippen LogP contribution in [0.4, 0.5) is 0 Å². The highest BCUT2D eigenvalue weighted by molar-refractivity contribution is 5.91. The lowest BCUT2D eigenvalue weighted by molar-refractivity contribution is -0.242. The van der Waals surface area contributed by atoms with Crippen LogP contribution in [0, 0.1) is 39.4 Å². The predicted octanol–water partition coefficient (Wildman–Crippen LogP) is 8.89. The van der Waals surface area contributed by atoms with Crippen LogP contribution in [0.2, 0.25) is 0 Å². The summed E-state index contributed by atoms with van der Waals surface area (Å²) in [7, 11) is 0. The largest absolute Gasteiger partial charge is 0.478 e. The Morgan fingerprint density at radius 1 is 0.703 bits per heavy atom. The molecule has 2 aromatic rings. The van der Waals surface area contributed by atoms with E-state index in [4.69, 9.17) is 0 Å². The molecule has 0 amide bonds. The van der Waals surface area contributed by atoms with E-state index in [0.717, 1.165) is 17.8 Å². The van der Waals surface area contributed by atoms with Crippen LogP contribution in [0.3, 0.4) is 0 Å². The van der Waals surface area contributed by atoms with Gasteiger partial charge in [-0.15, -0.1) is 0 Å². The summed E-state index contributed by atoms with van der Waals surface area (Å²) in [6, 6.07) is 16.8. The molecule has 4 atom stereocenters. The molecule has 2 nitrogen and oxygen atoms in total. The second kappa shape index (κ2) is 7.10. The quantitative estimate of drug-likeness (QED) is 0.461. The van der Waals surface area contributed by atoms with Gasteiger partial charge < -0.3 is 5.11 Å². The lowest BCUT2D eigenvalue weighted by Gasteiger charge is -2.75. The van der Waals surface area contributed by atoms with E-state index in [1.165, 1.54) is 93.7 Å². The van der Waals surface area contributed by atoms with Crippen molar-refractivity contribution >= 4 is 5.97 Å². The third kappa shape index (κ3) is 3.14. The highest BCUT2D eigenvalue weighted by Gasteiger charge is 2.71. The predicted molar refractivity (Wildman–Crippen MR) is 147 cm³/mol. The first kappa shape index (κ1) is 22.9. The van der Waals surface area contributed by atoms with Crippen molar-refractivity contribution < 1.29 is 9.90 Å². The number of carbonyl (C=O) groups is 1. The molecule has 0 aliphatic heterocycles. The number of rotatable bonds is 4. The molecule has 10 rings (SSSR count). The Labute approximate surface area is 222 Å². The lowest BCUT2D eigenvalue weighted by Crippen LogP contribution is -2.66. The first-order valence-electron chi connectivity index (χ1n) is 15.1. The molecule has 0 heterocycles. The van der Waals surface area contributed by atoms with Crippen LogP contribution in [0.25, 0.3) is 11.1 Å². The van der Waals surface area contributed by atoms with Crippen LogP contribution in [-0.2, 0) is 5.41 Å². The first-order chi connectivity index (χ1) is 17.6. The maximum Gasteiger partial charge on any atom is 0.335 e. The van der Waals surface area contributed by atoms with Crippen LogP contribution in [-0.4, -0.2) is 11.1 Å².